The van der Waals surface area contributed by atoms with Crippen molar-refractivity contribution in [2.45, 2.75) is 26.6 Å². The molecule has 1 aromatic rings. The Morgan fingerprint density at radius 2 is 2.00 bits per heavy atom. The molecule has 0 aliphatic heterocycles. The van der Waals surface area contributed by atoms with Gasteiger partial charge in [-0.1, -0.05) is 25.4 Å². The van der Waals surface area contributed by atoms with Crippen molar-refractivity contribution in [1.82, 2.24) is 10.3 Å². The van der Waals surface area contributed by atoms with Gasteiger partial charge in [-0.3, -0.25) is 0 Å². The fourth-order valence-corrected chi connectivity index (χ4v) is 1.81. The van der Waals surface area contributed by atoms with Gasteiger partial charge >= 0.3 is 6.18 Å². The van der Waals surface area contributed by atoms with Gasteiger partial charge in [-0.15, -0.1) is 0 Å². The number of aromatic nitrogens is 1. The molecule has 0 atom stereocenters. The van der Waals surface area contributed by atoms with E-state index >= 15 is 0 Å². The first-order valence-electron chi connectivity index (χ1n) is 6.33. The minimum atomic E-state index is -4.26. The lowest BCUT2D eigenvalue weighted by Gasteiger charge is -2.20. The summed E-state index contributed by atoms with van der Waals surface area (Å²) in [4.78, 5) is 5.24. The summed E-state index contributed by atoms with van der Waals surface area (Å²) in [5.41, 5.74) is 0.554. The number of halogens is 4. The zero-order valence-corrected chi connectivity index (χ0v) is 12.5. The quantitative estimate of drug-likeness (QED) is 0.872. The number of rotatable bonds is 6. The molecule has 0 unspecified atom stereocenters. The van der Waals surface area contributed by atoms with E-state index in [9.17, 15) is 13.2 Å². The lowest BCUT2D eigenvalue weighted by Crippen LogP contribution is -2.31. The zero-order chi connectivity index (χ0) is 15.3. The standard InChI is InChI=1S/C13H19ClF3N3/c1-9(2)6-18-7-11-10(14)4-5-12(19-11)20(3)8-13(15,16)17/h4-5,9,18H,6-8H2,1-3H3. The van der Waals surface area contributed by atoms with Crippen LogP contribution in [0.1, 0.15) is 19.5 Å². The Labute approximate surface area is 122 Å². The van der Waals surface area contributed by atoms with Crippen LogP contribution in [0.3, 0.4) is 0 Å². The number of alkyl halides is 3. The maximum atomic E-state index is 12.4. The third-order valence-electron chi connectivity index (χ3n) is 2.56. The molecule has 0 aliphatic carbocycles. The van der Waals surface area contributed by atoms with Gasteiger partial charge in [0.25, 0.3) is 0 Å². The van der Waals surface area contributed by atoms with Crippen LogP contribution in [0.2, 0.25) is 5.02 Å². The SMILES string of the molecule is CC(C)CNCc1nc(N(C)CC(F)(F)F)ccc1Cl. The first-order valence-corrected chi connectivity index (χ1v) is 6.71. The van der Waals surface area contributed by atoms with Crippen molar-refractivity contribution in [1.29, 1.82) is 0 Å². The first kappa shape index (κ1) is 17.0. The second-order valence-corrected chi connectivity index (χ2v) is 5.50. The molecule has 20 heavy (non-hydrogen) atoms. The maximum Gasteiger partial charge on any atom is 0.405 e. The normalized spacial score (nSPS) is 12.0. The summed E-state index contributed by atoms with van der Waals surface area (Å²) in [6.45, 7) is 4.32. The van der Waals surface area contributed by atoms with Gasteiger partial charge in [-0.25, -0.2) is 4.98 Å². The van der Waals surface area contributed by atoms with Crippen molar-refractivity contribution in [3.8, 4) is 0 Å². The highest BCUT2D eigenvalue weighted by atomic mass is 35.5. The molecule has 1 rings (SSSR count). The van der Waals surface area contributed by atoms with Crippen LogP contribution in [-0.2, 0) is 6.54 Å². The molecular formula is C13H19ClF3N3. The summed E-state index contributed by atoms with van der Waals surface area (Å²) >= 11 is 6.01. The van der Waals surface area contributed by atoms with E-state index in [0.29, 0.717) is 23.2 Å². The molecule has 0 saturated heterocycles. The summed E-state index contributed by atoms with van der Waals surface area (Å²) in [7, 11) is 1.36. The van der Waals surface area contributed by atoms with E-state index in [1.165, 1.54) is 13.1 Å². The van der Waals surface area contributed by atoms with Crippen LogP contribution in [0, 0.1) is 5.92 Å². The smallest absolute Gasteiger partial charge is 0.351 e. The largest absolute Gasteiger partial charge is 0.405 e. The average Bonchev–Trinajstić information content (AvgIpc) is 2.28. The highest BCUT2D eigenvalue weighted by Crippen LogP contribution is 2.22. The van der Waals surface area contributed by atoms with E-state index in [1.54, 1.807) is 6.07 Å². The van der Waals surface area contributed by atoms with Gasteiger partial charge < -0.3 is 10.2 Å². The second kappa shape index (κ2) is 7.13. The number of nitrogens with one attached hydrogen (secondary N) is 1. The second-order valence-electron chi connectivity index (χ2n) is 5.09. The fraction of sp³-hybridized carbons (Fsp3) is 0.615. The molecule has 0 amide bonds. The summed E-state index contributed by atoms with van der Waals surface area (Å²) in [6.07, 6.45) is -4.26. The molecule has 0 radical (unpaired) electrons. The van der Waals surface area contributed by atoms with E-state index < -0.39 is 12.7 Å². The molecule has 0 spiro atoms. The van der Waals surface area contributed by atoms with Gasteiger partial charge in [0, 0.05) is 13.6 Å². The fourth-order valence-electron chi connectivity index (χ4n) is 1.64. The van der Waals surface area contributed by atoms with Crippen LogP contribution in [0.5, 0.6) is 0 Å². The molecule has 0 aliphatic rings. The van der Waals surface area contributed by atoms with Crippen LogP contribution in [0.15, 0.2) is 12.1 Å². The van der Waals surface area contributed by atoms with Crippen molar-refractivity contribution < 1.29 is 13.2 Å². The lowest BCUT2D eigenvalue weighted by molar-refractivity contribution is -0.119. The minimum Gasteiger partial charge on any atom is -0.351 e. The predicted octanol–water partition coefficient (Wildman–Crippen LogP) is 3.48. The predicted molar refractivity (Wildman–Crippen MR) is 75.1 cm³/mol. The molecule has 0 fully saturated rings. The van der Waals surface area contributed by atoms with E-state index in [0.717, 1.165) is 11.4 Å². The van der Waals surface area contributed by atoms with Gasteiger partial charge in [-0.2, -0.15) is 13.2 Å². The number of pyridine rings is 1. The van der Waals surface area contributed by atoms with Crippen LogP contribution in [0.25, 0.3) is 0 Å². The monoisotopic (exact) mass is 309 g/mol. The third kappa shape index (κ3) is 5.96. The van der Waals surface area contributed by atoms with Crippen molar-refractivity contribution in [2.75, 3.05) is 25.0 Å². The number of hydrogen-bond donors (Lipinski definition) is 1. The number of anilines is 1. The van der Waals surface area contributed by atoms with E-state index in [2.05, 4.69) is 24.1 Å². The van der Waals surface area contributed by atoms with Crippen LogP contribution in [-0.4, -0.2) is 31.3 Å². The first-order chi connectivity index (χ1) is 9.19. The van der Waals surface area contributed by atoms with Crippen molar-refractivity contribution in [2.24, 2.45) is 5.92 Å². The van der Waals surface area contributed by atoms with Crippen molar-refractivity contribution in [3.05, 3.63) is 22.8 Å². The van der Waals surface area contributed by atoms with Crippen LogP contribution >= 0.6 is 11.6 Å². The maximum absolute atomic E-state index is 12.4. The molecule has 1 N–H and O–H groups in total. The van der Waals surface area contributed by atoms with Gasteiger partial charge in [0.2, 0.25) is 0 Å². The summed E-state index contributed by atoms with van der Waals surface area (Å²) in [5, 5.41) is 3.62. The number of hydrogen-bond acceptors (Lipinski definition) is 3. The van der Waals surface area contributed by atoms with Crippen molar-refractivity contribution in [3.63, 3.8) is 0 Å². The van der Waals surface area contributed by atoms with Gasteiger partial charge in [0.1, 0.15) is 12.4 Å². The number of nitrogens with zero attached hydrogens (tertiary/aromatic N) is 2. The van der Waals surface area contributed by atoms with E-state index in [1.807, 2.05) is 0 Å². The molecule has 0 bridgehead atoms. The lowest BCUT2D eigenvalue weighted by atomic mass is 10.2. The highest BCUT2D eigenvalue weighted by molar-refractivity contribution is 6.31. The Bertz CT molecular complexity index is 435. The van der Waals surface area contributed by atoms with E-state index in [-0.39, 0.29) is 5.82 Å². The Morgan fingerprint density at radius 1 is 1.35 bits per heavy atom. The molecule has 1 aromatic heterocycles. The van der Waals surface area contributed by atoms with Gasteiger partial charge in [0.15, 0.2) is 0 Å². The molecule has 0 aromatic carbocycles. The van der Waals surface area contributed by atoms with Gasteiger partial charge in [-0.05, 0) is 24.6 Å². The topological polar surface area (TPSA) is 28.2 Å². The molecule has 114 valence electrons. The summed E-state index contributed by atoms with van der Waals surface area (Å²) in [5.74, 6) is 0.734. The molecule has 1 heterocycles. The summed E-state index contributed by atoms with van der Waals surface area (Å²) < 4.78 is 37.1. The Balaban J connectivity index is 2.75. The van der Waals surface area contributed by atoms with Crippen LogP contribution in [0.4, 0.5) is 19.0 Å². The Kier molecular flexibility index (Phi) is 6.07. The average molecular weight is 310 g/mol. The molecule has 0 saturated carbocycles. The third-order valence-corrected chi connectivity index (χ3v) is 2.90. The van der Waals surface area contributed by atoms with Crippen LogP contribution < -0.4 is 10.2 Å². The van der Waals surface area contributed by atoms with E-state index in [4.69, 9.17) is 11.6 Å². The molecule has 7 heteroatoms. The summed E-state index contributed by atoms with van der Waals surface area (Å²) in [6, 6.07) is 3.06. The Hall–Kier alpha value is -1.01. The molecular weight excluding hydrogens is 291 g/mol. The van der Waals surface area contributed by atoms with Gasteiger partial charge in [0.05, 0.1) is 10.7 Å². The zero-order valence-electron chi connectivity index (χ0n) is 11.8. The Morgan fingerprint density at radius 3 is 2.55 bits per heavy atom. The van der Waals surface area contributed by atoms with Crippen molar-refractivity contribution >= 4 is 17.4 Å². The highest BCUT2D eigenvalue weighted by Gasteiger charge is 2.29. The minimum absolute atomic E-state index is 0.257. The molecule has 3 nitrogen and oxygen atoms in total.